The Bertz CT molecular complexity index is 982. The standard InChI is InChI=1S/C26H34N4O2/c1-19-9-10-20(2)24(17-19)29-15-13-28(14-16-29)12-6-11-27-26(32)25-18-22-7-4-5-8-23(22)30(25)21(3)31/h4-5,7-10,17,25H,6,11-16,18H2,1-3H3,(H,27,32)/t25-/m0/s1. The van der Waals surface area contributed by atoms with Gasteiger partial charge in [0, 0.05) is 57.4 Å². The maximum Gasteiger partial charge on any atom is 0.243 e. The van der Waals surface area contributed by atoms with Gasteiger partial charge in [0.25, 0.3) is 0 Å². The lowest BCUT2D eigenvalue weighted by Gasteiger charge is -2.37. The summed E-state index contributed by atoms with van der Waals surface area (Å²) in [6.45, 7) is 11.6. The molecule has 1 N–H and O–H groups in total. The van der Waals surface area contributed by atoms with Gasteiger partial charge in [-0.15, -0.1) is 0 Å². The van der Waals surface area contributed by atoms with Crippen molar-refractivity contribution >= 4 is 23.2 Å². The average Bonchev–Trinajstić information content (AvgIpc) is 3.19. The molecule has 0 aromatic heterocycles. The molecule has 0 bridgehead atoms. The predicted molar refractivity (Wildman–Crippen MR) is 129 cm³/mol. The van der Waals surface area contributed by atoms with Crippen LogP contribution in [0.1, 0.15) is 30.0 Å². The number of nitrogens with zero attached hydrogens (tertiary/aromatic N) is 3. The summed E-state index contributed by atoms with van der Waals surface area (Å²) in [7, 11) is 0. The molecule has 0 spiro atoms. The van der Waals surface area contributed by atoms with E-state index in [0.717, 1.165) is 50.4 Å². The van der Waals surface area contributed by atoms with Crippen molar-refractivity contribution < 1.29 is 9.59 Å². The quantitative estimate of drug-likeness (QED) is 0.711. The number of amides is 2. The van der Waals surface area contributed by atoms with Crippen molar-refractivity contribution in [3.63, 3.8) is 0 Å². The van der Waals surface area contributed by atoms with Crippen LogP contribution in [-0.2, 0) is 16.0 Å². The van der Waals surface area contributed by atoms with Crippen LogP contribution in [0.25, 0.3) is 0 Å². The van der Waals surface area contributed by atoms with Crippen LogP contribution < -0.4 is 15.1 Å². The predicted octanol–water partition coefficient (Wildman–Crippen LogP) is 2.91. The van der Waals surface area contributed by atoms with Crippen molar-refractivity contribution in [2.45, 2.75) is 39.7 Å². The van der Waals surface area contributed by atoms with E-state index in [1.165, 1.54) is 23.7 Å². The summed E-state index contributed by atoms with van der Waals surface area (Å²) in [5, 5.41) is 3.06. The zero-order valence-corrected chi connectivity index (χ0v) is 19.4. The van der Waals surface area contributed by atoms with Gasteiger partial charge in [-0.2, -0.15) is 0 Å². The Morgan fingerprint density at radius 2 is 1.75 bits per heavy atom. The van der Waals surface area contributed by atoms with Crippen LogP contribution in [0, 0.1) is 13.8 Å². The molecule has 2 amide bonds. The maximum atomic E-state index is 12.8. The molecule has 2 aromatic rings. The molecule has 2 aliphatic rings. The van der Waals surface area contributed by atoms with Gasteiger partial charge in [0.05, 0.1) is 0 Å². The number of hydrogen-bond donors (Lipinski definition) is 1. The van der Waals surface area contributed by atoms with E-state index in [0.29, 0.717) is 13.0 Å². The van der Waals surface area contributed by atoms with Gasteiger partial charge >= 0.3 is 0 Å². The highest BCUT2D eigenvalue weighted by atomic mass is 16.2. The Hall–Kier alpha value is -2.86. The molecule has 6 nitrogen and oxygen atoms in total. The van der Waals surface area contributed by atoms with Gasteiger partial charge < -0.3 is 10.2 Å². The van der Waals surface area contributed by atoms with Crippen LogP contribution in [0.5, 0.6) is 0 Å². The molecule has 2 heterocycles. The largest absolute Gasteiger partial charge is 0.369 e. The Labute approximate surface area is 191 Å². The van der Waals surface area contributed by atoms with Crippen LogP contribution in [0.3, 0.4) is 0 Å². The zero-order chi connectivity index (χ0) is 22.7. The van der Waals surface area contributed by atoms with E-state index < -0.39 is 6.04 Å². The number of rotatable bonds is 6. The number of carbonyl (C=O) groups is 2. The monoisotopic (exact) mass is 434 g/mol. The first-order chi connectivity index (χ1) is 15.4. The second kappa shape index (κ2) is 9.74. The Kier molecular flexibility index (Phi) is 6.80. The van der Waals surface area contributed by atoms with Crippen molar-refractivity contribution in [2.24, 2.45) is 0 Å². The van der Waals surface area contributed by atoms with Gasteiger partial charge in [-0.1, -0.05) is 30.3 Å². The van der Waals surface area contributed by atoms with Crippen molar-refractivity contribution in [1.29, 1.82) is 0 Å². The molecular weight excluding hydrogens is 400 g/mol. The first-order valence-electron chi connectivity index (χ1n) is 11.6. The van der Waals surface area contributed by atoms with Crippen LogP contribution >= 0.6 is 0 Å². The third-order valence-electron chi connectivity index (χ3n) is 6.65. The van der Waals surface area contributed by atoms with Crippen LogP contribution in [0.4, 0.5) is 11.4 Å². The van der Waals surface area contributed by atoms with Crippen LogP contribution in [0.2, 0.25) is 0 Å². The Morgan fingerprint density at radius 3 is 2.50 bits per heavy atom. The van der Waals surface area contributed by atoms with E-state index >= 15 is 0 Å². The minimum Gasteiger partial charge on any atom is -0.369 e. The fourth-order valence-electron chi connectivity index (χ4n) is 4.89. The highest BCUT2D eigenvalue weighted by Gasteiger charge is 2.36. The fourth-order valence-corrected chi connectivity index (χ4v) is 4.89. The minimum absolute atomic E-state index is 0.0591. The molecule has 1 fully saturated rings. The number of para-hydroxylation sites is 1. The van der Waals surface area contributed by atoms with Gasteiger partial charge in [0.1, 0.15) is 6.04 Å². The number of carbonyl (C=O) groups excluding carboxylic acids is 2. The van der Waals surface area contributed by atoms with E-state index in [1.807, 2.05) is 24.3 Å². The van der Waals surface area contributed by atoms with Crippen molar-refractivity contribution in [2.75, 3.05) is 49.1 Å². The second-order valence-corrected chi connectivity index (χ2v) is 9.00. The van der Waals surface area contributed by atoms with Crippen molar-refractivity contribution in [3.05, 3.63) is 59.2 Å². The maximum absolute atomic E-state index is 12.8. The molecule has 2 aliphatic heterocycles. The number of nitrogens with one attached hydrogen (secondary N) is 1. The molecule has 0 unspecified atom stereocenters. The minimum atomic E-state index is -0.439. The number of piperazine rings is 1. The first kappa shape index (κ1) is 22.3. The molecule has 2 aromatic carbocycles. The summed E-state index contributed by atoms with van der Waals surface area (Å²) < 4.78 is 0. The van der Waals surface area contributed by atoms with Gasteiger partial charge in [-0.25, -0.2) is 0 Å². The Balaban J connectivity index is 1.21. The van der Waals surface area contributed by atoms with Gasteiger partial charge in [-0.05, 0) is 55.6 Å². The lowest BCUT2D eigenvalue weighted by atomic mass is 10.1. The molecule has 170 valence electrons. The van der Waals surface area contributed by atoms with Crippen LogP contribution in [0.15, 0.2) is 42.5 Å². The number of aryl methyl sites for hydroxylation is 2. The molecular formula is C26H34N4O2. The van der Waals surface area contributed by atoms with Gasteiger partial charge in [-0.3, -0.25) is 19.4 Å². The molecule has 1 atom stereocenters. The number of hydrogen-bond acceptors (Lipinski definition) is 4. The number of benzene rings is 2. The molecule has 0 saturated carbocycles. The first-order valence-corrected chi connectivity index (χ1v) is 11.6. The average molecular weight is 435 g/mol. The fraction of sp³-hybridized carbons (Fsp3) is 0.462. The topological polar surface area (TPSA) is 55.9 Å². The highest BCUT2D eigenvalue weighted by Crippen LogP contribution is 2.32. The molecule has 6 heteroatoms. The molecule has 0 aliphatic carbocycles. The van der Waals surface area contributed by atoms with Crippen molar-refractivity contribution in [1.82, 2.24) is 10.2 Å². The molecule has 0 radical (unpaired) electrons. The summed E-state index contributed by atoms with van der Waals surface area (Å²) in [4.78, 5) is 31.6. The number of anilines is 2. The van der Waals surface area contributed by atoms with E-state index in [9.17, 15) is 9.59 Å². The van der Waals surface area contributed by atoms with Crippen molar-refractivity contribution in [3.8, 4) is 0 Å². The summed E-state index contributed by atoms with van der Waals surface area (Å²) in [6.07, 6.45) is 1.50. The number of fused-ring (bicyclic) bond motifs is 1. The summed E-state index contributed by atoms with van der Waals surface area (Å²) in [5.41, 5.74) is 5.91. The van der Waals surface area contributed by atoms with E-state index in [1.54, 1.807) is 4.90 Å². The highest BCUT2D eigenvalue weighted by molar-refractivity contribution is 6.02. The summed E-state index contributed by atoms with van der Waals surface area (Å²) in [6, 6.07) is 14.0. The third-order valence-corrected chi connectivity index (χ3v) is 6.65. The third kappa shape index (κ3) is 4.80. The van der Waals surface area contributed by atoms with Crippen LogP contribution in [-0.4, -0.2) is 62.0 Å². The van der Waals surface area contributed by atoms with E-state index in [-0.39, 0.29) is 11.8 Å². The molecule has 32 heavy (non-hydrogen) atoms. The summed E-state index contributed by atoms with van der Waals surface area (Å²) in [5.74, 6) is -0.145. The summed E-state index contributed by atoms with van der Waals surface area (Å²) >= 11 is 0. The van der Waals surface area contributed by atoms with E-state index in [2.05, 4.69) is 47.2 Å². The smallest absolute Gasteiger partial charge is 0.243 e. The second-order valence-electron chi connectivity index (χ2n) is 9.00. The lowest BCUT2D eigenvalue weighted by molar-refractivity contribution is -0.125. The normalized spacial score (nSPS) is 18.5. The zero-order valence-electron chi connectivity index (χ0n) is 19.4. The lowest BCUT2D eigenvalue weighted by Crippen LogP contribution is -2.49. The molecule has 1 saturated heterocycles. The van der Waals surface area contributed by atoms with Gasteiger partial charge in [0.15, 0.2) is 0 Å². The molecule has 4 rings (SSSR count). The SMILES string of the molecule is CC(=O)N1c2ccccc2C[C@H]1C(=O)NCCCN1CCN(c2cc(C)ccc2C)CC1. The van der Waals surface area contributed by atoms with Gasteiger partial charge in [0.2, 0.25) is 11.8 Å². The Morgan fingerprint density at radius 1 is 1.00 bits per heavy atom. The van der Waals surface area contributed by atoms with E-state index in [4.69, 9.17) is 0 Å².